The maximum absolute atomic E-state index is 13.9. The number of benzene rings is 4. The monoisotopic (exact) mass is 921 g/mol. The Bertz CT molecular complexity index is 2140. The number of carbonyl (C=O) groups is 2. The van der Waals surface area contributed by atoms with E-state index in [9.17, 15) is 9.59 Å². The molecule has 0 saturated heterocycles. The molecule has 60 heavy (non-hydrogen) atoms. The molecule has 0 aliphatic heterocycles. The molecule has 2 amide bonds. The van der Waals surface area contributed by atoms with E-state index in [1.165, 1.54) is 33.4 Å². The summed E-state index contributed by atoms with van der Waals surface area (Å²) in [5.74, 6) is 0.966. The SMILES string of the molecule is CCC(=O)N[B](NC(=O)CC)[Zr]([Cl])([Cl])([CH]1C(CC(C)C)=Cc2c(-c3ccccc3C(C)CC)cccc21)[CH]1C(CC(C)C)=Cc2c(-c3ccccc3C(C)CC)cccc21. The van der Waals surface area contributed by atoms with Crippen LogP contribution in [0.3, 0.4) is 0 Å². The average Bonchev–Trinajstić information content (AvgIpc) is 3.81. The molecule has 317 valence electrons. The summed E-state index contributed by atoms with van der Waals surface area (Å²) in [6.07, 6.45) is 8.82. The van der Waals surface area contributed by atoms with Gasteiger partial charge in [0.05, 0.1) is 0 Å². The molecule has 6 rings (SSSR count). The van der Waals surface area contributed by atoms with Crippen molar-refractivity contribution in [3.05, 3.63) is 129 Å². The van der Waals surface area contributed by atoms with Crippen LogP contribution in [0.2, 0.25) is 0 Å². The molecule has 4 atom stereocenters. The number of carbonyl (C=O) groups excluding carboxylic acids is 2. The molecule has 4 aromatic carbocycles. The topological polar surface area (TPSA) is 58.2 Å². The quantitative estimate of drug-likeness (QED) is 0.104. The van der Waals surface area contributed by atoms with Crippen molar-refractivity contribution in [3.63, 3.8) is 0 Å². The first-order valence-electron chi connectivity index (χ1n) is 22.6. The van der Waals surface area contributed by atoms with Gasteiger partial charge in [-0.1, -0.05) is 0 Å². The fraction of sp³-hybridized carbons (Fsp3) is 0.423. The molecular weight excluding hydrogens is 858 g/mol. The van der Waals surface area contributed by atoms with Gasteiger partial charge in [-0.15, -0.1) is 0 Å². The van der Waals surface area contributed by atoms with Crippen molar-refractivity contribution in [3.8, 4) is 22.3 Å². The minimum atomic E-state index is -6.09. The summed E-state index contributed by atoms with van der Waals surface area (Å²) in [6.45, 7) is 21.7. The summed E-state index contributed by atoms with van der Waals surface area (Å²) in [5.41, 5.74) is 14.2. The summed E-state index contributed by atoms with van der Waals surface area (Å²) < 4.78 is -1.78. The van der Waals surface area contributed by atoms with Crippen LogP contribution >= 0.6 is 17.0 Å². The van der Waals surface area contributed by atoms with Crippen molar-refractivity contribution < 1.29 is 25.8 Å². The molecule has 0 spiro atoms. The summed E-state index contributed by atoms with van der Waals surface area (Å²) in [6, 6.07) is 30.8. The molecule has 0 saturated carbocycles. The van der Waals surface area contributed by atoms with Crippen molar-refractivity contribution in [2.45, 2.75) is 127 Å². The van der Waals surface area contributed by atoms with Gasteiger partial charge in [0.15, 0.2) is 0 Å². The Kier molecular flexibility index (Phi) is 14.7. The Morgan fingerprint density at radius 2 is 0.933 bits per heavy atom. The average molecular weight is 924 g/mol. The summed E-state index contributed by atoms with van der Waals surface area (Å²) in [7, 11) is 18.1. The Balaban J connectivity index is 1.73. The molecule has 0 fully saturated rings. The van der Waals surface area contributed by atoms with Gasteiger partial charge < -0.3 is 0 Å². The third-order valence-electron chi connectivity index (χ3n) is 13.3. The number of nitrogens with one attached hydrogen (secondary N) is 2. The molecule has 2 aliphatic rings. The van der Waals surface area contributed by atoms with Crippen molar-refractivity contribution in [2.24, 2.45) is 11.8 Å². The molecule has 4 nitrogen and oxygen atoms in total. The molecule has 0 heterocycles. The van der Waals surface area contributed by atoms with Crippen LogP contribution in [0.4, 0.5) is 0 Å². The first-order valence-corrected chi connectivity index (χ1v) is 33.2. The molecule has 0 aromatic heterocycles. The van der Waals surface area contributed by atoms with E-state index >= 15 is 0 Å². The van der Waals surface area contributed by atoms with Crippen LogP contribution in [-0.2, 0) is 25.8 Å². The van der Waals surface area contributed by atoms with Gasteiger partial charge in [-0.25, -0.2) is 0 Å². The summed E-state index contributed by atoms with van der Waals surface area (Å²) in [4.78, 5) is 27.8. The van der Waals surface area contributed by atoms with E-state index in [1.54, 1.807) is 0 Å². The number of hydrogen-bond acceptors (Lipinski definition) is 2. The molecule has 4 aromatic rings. The van der Waals surface area contributed by atoms with E-state index in [2.05, 4.69) is 163 Å². The van der Waals surface area contributed by atoms with E-state index < -0.39 is 27.9 Å². The maximum atomic E-state index is 13.9. The van der Waals surface area contributed by atoms with Gasteiger partial charge in [-0.3, -0.25) is 0 Å². The van der Waals surface area contributed by atoms with Gasteiger partial charge in [-0.2, -0.15) is 0 Å². The second-order valence-corrected chi connectivity index (χ2v) is 39.8. The van der Waals surface area contributed by atoms with Crippen molar-refractivity contribution in [2.75, 3.05) is 0 Å². The van der Waals surface area contributed by atoms with Crippen molar-refractivity contribution in [1.82, 2.24) is 10.5 Å². The first-order chi connectivity index (χ1) is 28.6. The predicted octanol–water partition coefficient (Wildman–Crippen LogP) is 14.8. The third kappa shape index (κ3) is 8.74. The van der Waals surface area contributed by atoms with Crippen LogP contribution < -0.4 is 10.5 Å². The number of halogens is 2. The van der Waals surface area contributed by atoms with E-state index in [-0.39, 0.29) is 24.7 Å². The fourth-order valence-electron chi connectivity index (χ4n) is 10.1. The molecule has 0 radical (unpaired) electrons. The van der Waals surface area contributed by atoms with E-state index in [0.717, 1.165) is 59.1 Å². The minimum absolute atomic E-state index is 0.189. The van der Waals surface area contributed by atoms with Gasteiger partial charge in [0.1, 0.15) is 0 Å². The number of amides is 2. The Labute approximate surface area is 369 Å². The van der Waals surface area contributed by atoms with E-state index in [1.807, 2.05) is 13.8 Å². The zero-order chi connectivity index (χ0) is 43.5. The number of rotatable bonds is 17. The Morgan fingerprint density at radius 3 is 1.28 bits per heavy atom. The van der Waals surface area contributed by atoms with Crippen molar-refractivity contribution in [1.29, 1.82) is 0 Å². The van der Waals surface area contributed by atoms with Crippen LogP contribution in [0.1, 0.15) is 160 Å². The van der Waals surface area contributed by atoms with E-state index in [0.29, 0.717) is 23.7 Å². The summed E-state index contributed by atoms with van der Waals surface area (Å²) >= 11 is -6.09. The second-order valence-electron chi connectivity index (χ2n) is 18.4. The van der Waals surface area contributed by atoms with Gasteiger partial charge >= 0.3 is 372 Å². The molecular formula is C52H66BCl2N2O2Zr. The third-order valence-corrected chi connectivity index (χ3v) is 33.2. The van der Waals surface area contributed by atoms with Crippen LogP contribution in [0.25, 0.3) is 34.4 Å². The van der Waals surface area contributed by atoms with Gasteiger partial charge in [-0.05, 0) is 0 Å². The van der Waals surface area contributed by atoms with Gasteiger partial charge in [0, 0.05) is 0 Å². The van der Waals surface area contributed by atoms with Crippen LogP contribution in [0.15, 0.2) is 96.1 Å². The first kappa shape index (κ1) is 46.3. The van der Waals surface area contributed by atoms with Crippen LogP contribution in [0.5, 0.6) is 0 Å². The van der Waals surface area contributed by atoms with Crippen molar-refractivity contribution >= 4 is 45.5 Å². The fourth-order valence-corrected chi connectivity index (χ4v) is 30.7. The molecule has 4 unspecified atom stereocenters. The Hall–Kier alpha value is -3.17. The molecule has 0 bridgehead atoms. The summed E-state index contributed by atoms with van der Waals surface area (Å²) in [5, 5.41) is 6.67. The zero-order valence-corrected chi connectivity index (χ0v) is 41.6. The van der Waals surface area contributed by atoms with Gasteiger partial charge in [0.2, 0.25) is 0 Å². The molecule has 2 N–H and O–H groups in total. The normalized spacial score (nSPS) is 17.6. The second kappa shape index (κ2) is 19.1. The van der Waals surface area contributed by atoms with Crippen LogP contribution in [-0.4, -0.2) is 16.3 Å². The number of hydrogen-bond donors (Lipinski definition) is 2. The molecule has 8 heteroatoms. The molecule has 2 aliphatic carbocycles. The van der Waals surface area contributed by atoms with Gasteiger partial charge in [0.25, 0.3) is 0 Å². The zero-order valence-electron chi connectivity index (χ0n) is 37.6. The van der Waals surface area contributed by atoms with Crippen LogP contribution in [0, 0.1) is 11.8 Å². The van der Waals surface area contributed by atoms with E-state index in [4.69, 9.17) is 17.0 Å². The predicted molar refractivity (Wildman–Crippen MR) is 256 cm³/mol. The number of fused-ring (bicyclic) bond motifs is 2. The number of allylic oxidation sites excluding steroid dienone is 2. The Morgan fingerprint density at radius 1 is 0.567 bits per heavy atom. The standard InChI is InChI=1S/2C23H27.C6H11BN2O2.2ClH.Zr/c2*1-5-17(4)20-10-6-7-11-21(20)22-12-8-9-19-14-18(13-16(2)3)15-23(19)22;1-3-5(10)8-7-9-6(11)4-2;;;/h2*6-12,14-17H,5,13H2,1-4H3;3-4H2,1-2H3,(H-,8,9,10,11);2*1H;/q;;;;;+1/p-1.